The molecule has 0 aliphatic heterocycles. The molecule has 0 fully saturated rings. The van der Waals surface area contributed by atoms with Crippen molar-refractivity contribution >= 4 is 31.2 Å². The zero-order chi connectivity index (χ0) is 8.20. The van der Waals surface area contributed by atoms with Gasteiger partial charge in [-0.15, -0.1) is 0 Å². The minimum Gasteiger partial charge on any atom is -0.469 e. The van der Waals surface area contributed by atoms with Gasteiger partial charge in [0.25, 0.3) is 0 Å². The molecule has 0 aliphatic rings. The van der Waals surface area contributed by atoms with Crippen molar-refractivity contribution in [1.82, 2.24) is 0 Å². The van der Waals surface area contributed by atoms with E-state index in [1.165, 1.54) is 7.11 Å². The summed E-state index contributed by atoms with van der Waals surface area (Å²) in [7, 11) is 1.37. The highest BCUT2D eigenvalue weighted by molar-refractivity contribution is 8.00. The van der Waals surface area contributed by atoms with Gasteiger partial charge in [-0.2, -0.15) is 25.3 Å². The Labute approximate surface area is 72.1 Å². The predicted molar refractivity (Wildman–Crippen MR) is 47.6 cm³/mol. The van der Waals surface area contributed by atoms with Crippen LogP contribution in [0.25, 0.3) is 0 Å². The Kier molecular flexibility index (Phi) is 4.20. The Morgan fingerprint density at radius 2 is 2.10 bits per heavy atom. The van der Waals surface area contributed by atoms with Crippen molar-refractivity contribution in [2.75, 3.05) is 7.11 Å². The first-order valence-corrected chi connectivity index (χ1v) is 3.87. The van der Waals surface area contributed by atoms with E-state index in [1.807, 2.05) is 6.92 Å². The fourth-order valence-electron chi connectivity index (χ4n) is 0.441. The van der Waals surface area contributed by atoms with Gasteiger partial charge >= 0.3 is 5.97 Å². The Balaban J connectivity index is 3.46. The number of carbonyl (C=O) groups excluding carboxylic acids is 1. The molecule has 0 aromatic carbocycles. The topological polar surface area (TPSA) is 26.3 Å². The number of ether oxygens (including phenoxy) is 1. The molecule has 0 heterocycles. The molecule has 0 aromatic heterocycles. The van der Waals surface area contributed by atoms with E-state index in [9.17, 15) is 4.79 Å². The van der Waals surface area contributed by atoms with Crippen molar-refractivity contribution in [3.63, 3.8) is 0 Å². The Morgan fingerprint density at radius 3 is 2.40 bits per heavy atom. The van der Waals surface area contributed by atoms with Crippen LogP contribution in [0.15, 0.2) is 0 Å². The van der Waals surface area contributed by atoms with Gasteiger partial charge in [0.05, 0.1) is 11.2 Å². The van der Waals surface area contributed by atoms with Crippen LogP contribution in [0.1, 0.15) is 19.8 Å². The Hall–Kier alpha value is 0.170. The van der Waals surface area contributed by atoms with Gasteiger partial charge < -0.3 is 4.74 Å². The van der Waals surface area contributed by atoms with Crippen LogP contribution in [0.4, 0.5) is 0 Å². The number of methoxy groups -OCH3 is 1. The molecule has 4 heteroatoms. The molecule has 0 saturated carbocycles. The zero-order valence-corrected chi connectivity index (χ0v) is 7.91. The van der Waals surface area contributed by atoms with Gasteiger partial charge in [-0.3, -0.25) is 4.79 Å². The van der Waals surface area contributed by atoms with Crippen molar-refractivity contribution < 1.29 is 9.53 Å². The summed E-state index contributed by atoms with van der Waals surface area (Å²) in [6.45, 7) is 1.84. The van der Waals surface area contributed by atoms with E-state index < -0.39 is 0 Å². The summed E-state index contributed by atoms with van der Waals surface area (Å²) >= 11 is 8.25. The lowest BCUT2D eigenvalue weighted by Crippen LogP contribution is -2.10. The van der Waals surface area contributed by atoms with Crippen LogP contribution in [0, 0.1) is 0 Å². The quantitative estimate of drug-likeness (QED) is 0.391. The number of hydrogen-bond acceptors (Lipinski definition) is 4. The van der Waals surface area contributed by atoms with Gasteiger partial charge in [0, 0.05) is 6.42 Å². The summed E-state index contributed by atoms with van der Waals surface area (Å²) in [4.78, 5) is 10.6. The summed E-state index contributed by atoms with van der Waals surface area (Å²) in [6, 6.07) is 0. The molecular formula is C6H12O2S2. The molecule has 0 bridgehead atoms. The van der Waals surface area contributed by atoms with Crippen molar-refractivity contribution in [3.8, 4) is 0 Å². The number of esters is 1. The first-order valence-electron chi connectivity index (χ1n) is 2.97. The predicted octanol–water partition coefficient (Wildman–Crippen LogP) is 1.52. The third-order valence-corrected chi connectivity index (χ3v) is 1.48. The minimum absolute atomic E-state index is 0.214. The average molecular weight is 180 g/mol. The van der Waals surface area contributed by atoms with E-state index in [1.54, 1.807) is 0 Å². The first-order chi connectivity index (χ1) is 4.45. The second-order valence-corrected chi connectivity index (χ2v) is 4.62. The normalized spacial score (nSPS) is 11.2. The highest BCUT2D eigenvalue weighted by Crippen LogP contribution is 2.24. The molecule has 0 atom stereocenters. The second-order valence-electron chi connectivity index (χ2n) is 2.29. The number of rotatable bonds is 3. The van der Waals surface area contributed by atoms with Crippen LogP contribution >= 0.6 is 25.3 Å². The summed E-state index contributed by atoms with van der Waals surface area (Å²) in [5.41, 5.74) is 0. The van der Waals surface area contributed by atoms with E-state index in [4.69, 9.17) is 0 Å². The van der Waals surface area contributed by atoms with Crippen molar-refractivity contribution in [2.45, 2.75) is 23.8 Å². The van der Waals surface area contributed by atoms with E-state index in [0.717, 1.165) is 0 Å². The number of carbonyl (C=O) groups is 1. The lowest BCUT2D eigenvalue weighted by Gasteiger charge is -2.14. The smallest absolute Gasteiger partial charge is 0.305 e. The molecule has 0 saturated heterocycles. The molecule has 0 spiro atoms. The molecular weight excluding hydrogens is 168 g/mol. The average Bonchev–Trinajstić information content (AvgIpc) is 1.81. The van der Waals surface area contributed by atoms with Gasteiger partial charge in [0.15, 0.2) is 0 Å². The fraction of sp³-hybridized carbons (Fsp3) is 0.833. The Bertz CT molecular complexity index is 117. The van der Waals surface area contributed by atoms with Crippen LogP contribution in [0.3, 0.4) is 0 Å². The summed E-state index contributed by atoms with van der Waals surface area (Å²) in [6.07, 6.45) is 0.992. The van der Waals surface area contributed by atoms with E-state index in [2.05, 4.69) is 30.0 Å². The van der Waals surface area contributed by atoms with Crippen LogP contribution < -0.4 is 0 Å². The molecule has 0 aliphatic carbocycles. The highest BCUT2D eigenvalue weighted by atomic mass is 32.2. The van der Waals surface area contributed by atoms with Gasteiger partial charge in [-0.25, -0.2) is 0 Å². The largest absolute Gasteiger partial charge is 0.469 e. The second kappa shape index (κ2) is 4.13. The maximum atomic E-state index is 10.6. The van der Waals surface area contributed by atoms with Crippen molar-refractivity contribution in [1.29, 1.82) is 0 Å². The molecule has 0 N–H and O–H groups in total. The third-order valence-electron chi connectivity index (χ3n) is 1.03. The van der Waals surface area contributed by atoms with Gasteiger partial charge in [0.1, 0.15) is 0 Å². The molecule has 0 amide bonds. The zero-order valence-electron chi connectivity index (χ0n) is 6.13. The van der Waals surface area contributed by atoms with Crippen LogP contribution in [0.2, 0.25) is 0 Å². The molecule has 0 aromatic rings. The highest BCUT2D eigenvalue weighted by Gasteiger charge is 2.14. The number of thiol groups is 2. The van der Waals surface area contributed by atoms with E-state index in [-0.39, 0.29) is 10.0 Å². The number of hydrogen-bond donors (Lipinski definition) is 2. The van der Waals surface area contributed by atoms with Gasteiger partial charge in [-0.05, 0) is 13.3 Å². The summed E-state index contributed by atoms with van der Waals surface area (Å²) in [5, 5.41) is 0. The molecule has 0 radical (unpaired) electrons. The maximum Gasteiger partial charge on any atom is 0.305 e. The monoisotopic (exact) mass is 180 g/mol. The molecule has 0 unspecified atom stereocenters. The van der Waals surface area contributed by atoms with Crippen LogP contribution in [-0.2, 0) is 9.53 Å². The summed E-state index contributed by atoms with van der Waals surface area (Å²) < 4.78 is 4.06. The molecule has 60 valence electrons. The van der Waals surface area contributed by atoms with Crippen molar-refractivity contribution in [2.24, 2.45) is 0 Å². The van der Waals surface area contributed by atoms with Crippen LogP contribution in [-0.4, -0.2) is 17.2 Å². The molecule has 0 rings (SSSR count). The van der Waals surface area contributed by atoms with E-state index in [0.29, 0.717) is 12.8 Å². The van der Waals surface area contributed by atoms with Gasteiger partial charge in [-0.1, -0.05) is 0 Å². The fourth-order valence-corrected chi connectivity index (χ4v) is 0.665. The summed E-state index contributed by atoms with van der Waals surface area (Å²) in [5.74, 6) is -0.214. The lowest BCUT2D eigenvalue weighted by molar-refractivity contribution is -0.140. The first kappa shape index (κ1) is 10.2. The standard InChI is InChI=1S/C6H12O2S2/c1-6(9,10)4-3-5(7)8-2/h9-10H,3-4H2,1-2H3. The van der Waals surface area contributed by atoms with Crippen molar-refractivity contribution in [3.05, 3.63) is 0 Å². The third kappa shape index (κ3) is 6.29. The van der Waals surface area contributed by atoms with Gasteiger partial charge in [0.2, 0.25) is 0 Å². The SMILES string of the molecule is COC(=O)CCC(C)(S)S. The lowest BCUT2D eigenvalue weighted by atomic mass is 10.2. The minimum atomic E-state index is -0.381. The van der Waals surface area contributed by atoms with E-state index >= 15 is 0 Å². The molecule has 10 heavy (non-hydrogen) atoms. The van der Waals surface area contributed by atoms with Crippen LogP contribution in [0.5, 0.6) is 0 Å². The molecule has 2 nitrogen and oxygen atoms in total. The maximum absolute atomic E-state index is 10.6. The Morgan fingerprint density at radius 1 is 1.60 bits per heavy atom.